The molecule has 0 saturated heterocycles. The van der Waals surface area contributed by atoms with Crippen LogP contribution in [0.2, 0.25) is 0 Å². The highest BCUT2D eigenvalue weighted by Gasteiger charge is 2.36. The first kappa shape index (κ1) is 20.0. The summed E-state index contributed by atoms with van der Waals surface area (Å²) in [6.45, 7) is 12.8. The lowest BCUT2D eigenvalue weighted by Crippen LogP contribution is -2.54. The van der Waals surface area contributed by atoms with E-state index in [2.05, 4.69) is 31.3 Å². The van der Waals surface area contributed by atoms with Gasteiger partial charge in [-0.25, -0.2) is 0 Å². The second-order valence-electron chi connectivity index (χ2n) is 7.55. The third-order valence-corrected chi connectivity index (χ3v) is 4.68. The van der Waals surface area contributed by atoms with E-state index in [0.29, 0.717) is 11.7 Å². The minimum Gasteiger partial charge on any atom is -0.459 e. The maximum absolute atomic E-state index is 12.7. The molecule has 1 atom stereocenters. The SMILES string of the molecule is CC(C)CCNC(C)(CSc1ccccc1)C(=O)OC(C)(C)C. The monoisotopic (exact) mass is 337 g/mol. The Balaban J connectivity index is 2.75. The van der Waals surface area contributed by atoms with Gasteiger partial charge in [0.15, 0.2) is 0 Å². The summed E-state index contributed by atoms with van der Waals surface area (Å²) in [7, 11) is 0. The van der Waals surface area contributed by atoms with Crippen molar-refractivity contribution in [1.82, 2.24) is 5.32 Å². The zero-order chi connectivity index (χ0) is 17.5. The number of rotatable bonds is 8. The smallest absolute Gasteiger partial charge is 0.327 e. The molecule has 0 amide bonds. The summed E-state index contributed by atoms with van der Waals surface area (Å²) in [5.74, 6) is 1.06. The summed E-state index contributed by atoms with van der Waals surface area (Å²) >= 11 is 1.68. The summed E-state index contributed by atoms with van der Waals surface area (Å²) in [6.07, 6.45) is 1.04. The Hall–Kier alpha value is -1.00. The van der Waals surface area contributed by atoms with E-state index in [0.717, 1.165) is 17.9 Å². The first-order valence-corrected chi connectivity index (χ1v) is 9.27. The molecule has 1 rings (SSSR count). The number of carbonyl (C=O) groups excluding carboxylic acids is 1. The fourth-order valence-electron chi connectivity index (χ4n) is 1.95. The number of ether oxygens (including phenoxy) is 1. The Labute approximate surface area is 145 Å². The highest BCUT2D eigenvalue weighted by atomic mass is 32.2. The van der Waals surface area contributed by atoms with Crippen molar-refractivity contribution < 1.29 is 9.53 Å². The summed E-state index contributed by atoms with van der Waals surface area (Å²) in [5, 5.41) is 3.42. The molecule has 0 fully saturated rings. The van der Waals surface area contributed by atoms with Crippen LogP contribution in [-0.2, 0) is 9.53 Å². The molecule has 0 aliphatic carbocycles. The van der Waals surface area contributed by atoms with Crippen molar-refractivity contribution in [2.75, 3.05) is 12.3 Å². The second-order valence-corrected chi connectivity index (χ2v) is 8.59. The number of esters is 1. The van der Waals surface area contributed by atoms with Gasteiger partial charge in [0.05, 0.1) is 0 Å². The van der Waals surface area contributed by atoms with Gasteiger partial charge in [-0.2, -0.15) is 0 Å². The van der Waals surface area contributed by atoms with Crippen molar-refractivity contribution in [2.24, 2.45) is 5.92 Å². The van der Waals surface area contributed by atoms with Crippen LogP contribution in [0.4, 0.5) is 0 Å². The van der Waals surface area contributed by atoms with Gasteiger partial charge in [0.1, 0.15) is 11.1 Å². The molecule has 130 valence electrons. The fourth-order valence-corrected chi connectivity index (χ4v) is 2.98. The van der Waals surface area contributed by atoms with Gasteiger partial charge < -0.3 is 10.1 Å². The molecular formula is C19H31NO2S. The molecule has 3 nitrogen and oxygen atoms in total. The number of thioether (sulfide) groups is 1. The van der Waals surface area contributed by atoms with Crippen molar-refractivity contribution >= 4 is 17.7 Å². The van der Waals surface area contributed by atoms with Crippen molar-refractivity contribution in [2.45, 2.75) is 64.0 Å². The standard InChI is InChI=1S/C19H31NO2S/c1-15(2)12-13-20-19(6,17(21)22-18(3,4)5)14-23-16-10-8-7-9-11-16/h7-11,15,20H,12-14H2,1-6H3. The molecule has 0 aliphatic heterocycles. The van der Waals surface area contributed by atoms with Gasteiger partial charge in [0.2, 0.25) is 0 Å². The van der Waals surface area contributed by atoms with Gasteiger partial charge >= 0.3 is 5.97 Å². The summed E-state index contributed by atoms with van der Waals surface area (Å²) in [6, 6.07) is 10.2. The molecule has 0 radical (unpaired) electrons. The third-order valence-electron chi connectivity index (χ3n) is 3.36. The van der Waals surface area contributed by atoms with Crippen LogP contribution in [0.1, 0.15) is 48.0 Å². The van der Waals surface area contributed by atoms with Gasteiger partial charge in [-0.1, -0.05) is 32.0 Å². The van der Waals surface area contributed by atoms with Crippen LogP contribution in [0.5, 0.6) is 0 Å². The molecule has 0 aromatic heterocycles. The number of benzene rings is 1. The molecule has 1 aromatic carbocycles. The highest BCUT2D eigenvalue weighted by molar-refractivity contribution is 7.99. The molecule has 0 bridgehead atoms. The second kappa shape index (κ2) is 8.74. The molecular weight excluding hydrogens is 306 g/mol. The first-order chi connectivity index (χ1) is 10.6. The van der Waals surface area contributed by atoms with E-state index in [1.54, 1.807) is 11.8 Å². The molecule has 1 unspecified atom stereocenters. The van der Waals surface area contributed by atoms with Gasteiger partial charge in [-0.05, 0) is 58.7 Å². The predicted molar refractivity (Wildman–Crippen MR) is 98.9 cm³/mol. The van der Waals surface area contributed by atoms with E-state index in [1.807, 2.05) is 45.9 Å². The zero-order valence-electron chi connectivity index (χ0n) is 15.3. The fraction of sp³-hybridized carbons (Fsp3) is 0.632. The highest BCUT2D eigenvalue weighted by Crippen LogP contribution is 2.25. The van der Waals surface area contributed by atoms with E-state index < -0.39 is 11.1 Å². The van der Waals surface area contributed by atoms with Crippen LogP contribution in [-0.4, -0.2) is 29.4 Å². The predicted octanol–water partition coefficient (Wildman–Crippen LogP) is 4.51. The third kappa shape index (κ3) is 7.89. The largest absolute Gasteiger partial charge is 0.459 e. The molecule has 1 N–H and O–H groups in total. The van der Waals surface area contributed by atoms with E-state index >= 15 is 0 Å². The molecule has 23 heavy (non-hydrogen) atoms. The number of hydrogen-bond donors (Lipinski definition) is 1. The molecule has 1 aromatic rings. The van der Waals surface area contributed by atoms with Gasteiger partial charge in [-0.3, -0.25) is 4.79 Å². The summed E-state index contributed by atoms with van der Waals surface area (Å²) in [5.41, 5.74) is -1.17. The first-order valence-electron chi connectivity index (χ1n) is 8.29. The van der Waals surface area contributed by atoms with Crippen LogP contribution < -0.4 is 5.32 Å². The van der Waals surface area contributed by atoms with Crippen molar-refractivity contribution in [3.8, 4) is 0 Å². The Morgan fingerprint density at radius 2 is 1.78 bits per heavy atom. The number of carbonyl (C=O) groups is 1. The van der Waals surface area contributed by atoms with Crippen molar-refractivity contribution in [3.63, 3.8) is 0 Å². The van der Waals surface area contributed by atoms with Crippen molar-refractivity contribution in [3.05, 3.63) is 30.3 Å². The maximum atomic E-state index is 12.7. The van der Waals surface area contributed by atoms with Gasteiger partial charge in [0.25, 0.3) is 0 Å². The average molecular weight is 338 g/mol. The van der Waals surface area contributed by atoms with E-state index in [9.17, 15) is 4.79 Å². The molecule has 0 aliphatic rings. The van der Waals surface area contributed by atoms with Crippen LogP contribution in [0.25, 0.3) is 0 Å². The van der Waals surface area contributed by atoms with Crippen LogP contribution >= 0.6 is 11.8 Å². The Morgan fingerprint density at radius 3 is 2.30 bits per heavy atom. The van der Waals surface area contributed by atoms with Crippen LogP contribution in [0.15, 0.2) is 35.2 Å². The minimum absolute atomic E-state index is 0.183. The van der Waals surface area contributed by atoms with Gasteiger partial charge in [-0.15, -0.1) is 11.8 Å². The Bertz CT molecular complexity index is 482. The quantitative estimate of drug-likeness (QED) is 0.559. The molecule has 0 spiro atoms. The minimum atomic E-state index is -0.692. The van der Waals surface area contributed by atoms with Crippen molar-refractivity contribution in [1.29, 1.82) is 0 Å². The normalized spacial score (nSPS) is 14.6. The zero-order valence-corrected chi connectivity index (χ0v) is 16.1. The lowest BCUT2D eigenvalue weighted by Gasteiger charge is -2.32. The number of nitrogens with one attached hydrogen (secondary N) is 1. The topological polar surface area (TPSA) is 38.3 Å². The lowest BCUT2D eigenvalue weighted by atomic mass is 10.0. The summed E-state index contributed by atoms with van der Waals surface area (Å²) < 4.78 is 5.63. The molecule has 0 saturated carbocycles. The molecule has 4 heteroatoms. The average Bonchev–Trinajstić information content (AvgIpc) is 2.44. The molecule has 0 heterocycles. The number of hydrogen-bond acceptors (Lipinski definition) is 4. The van der Waals surface area contributed by atoms with Crippen LogP contribution in [0.3, 0.4) is 0 Å². The van der Waals surface area contributed by atoms with Crippen LogP contribution in [0, 0.1) is 5.92 Å². The summed E-state index contributed by atoms with van der Waals surface area (Å²) in [4.78, 5) is 13.8. The van der Waals surface area contributed by atoms with E-state index in [1.165, 1.54) is 0 Å². The maximum Gasteiger partial charge on any atom is 0.327 e. The van der Waals surface area contributed by atoms with Gasteiger partial charge in [0, 0.05) is 10.6 Å². The lowest BCUT2D eigenvalue weighted by molar-refractivity contribution is -0.161. The Morgan fingerprint density at radius 1 is 1.17 bits per heavy atom. The van der Waals surface area contributed by atoms with E-state index in [4.69, 9.17) is 4.74 Å². The van der Waals surface area contributed by atoms with E-state index in [-0.39, 0.29) is 5.97 Å². The Kier molecular flexibility index (Phi) is 7.62.